The number of methoxy groups -OCH3 is 2. The maximum atomic E-state index is 12.8. The first-order valence-corrected chi connectivity index (χ1v) is 9.10. The number of hydrogen-bond donors (Lipinski definition) is 1. The van der Waals surface area contributed by atoms with Crippen molar-refractivity contribution in [1.29, 1.82) is 0 Å². The second-order valence-corrected chi connectivity index (χ2v) is 9.31. The zero-order valence-corrected chi connectivity index (χ0v) is 16.0. The fraction of sp³-hybridized carbons (Fsp3) is 0.750. The Morgan fingerprint density at radius 1 is 0.923 bits per heavy atom. The van der Waals surface area contributed by atoms with Gasteiger partial charge in [0.2, 0.25) is 0 Å². The third-order valence-corrected chi connectivity index (χ3v) is 6.85. The van der Waals surface area contributed by atoms with Gasteiger partial charge >= 0.3 is 17.9 Å². The number of carbonyl (C=O) groups is 3. The van der Waals surface area contributed by atoms with Crippen LogP contribution in [0.4, 0.5) is 0 Å². The Hall–Kier alpha value is -1.85. The third-order valence-electron chi connectivity index (χ3n) is 6.85. The van der Waals surface area contributed by atoms with Crippen molar-refractivity contribution in [2.75, 3.05) is 14.2 Å². The van der Waals surface area contributed by atoms with Gasteiger partial charge in [-0.25, -0.2) is 4.79 Å². The van der Waals surface area contributed by atoms with Crippen LogP contribution >= 0.6 is 0 Å². The summed E-state index contributed by atoms with van der Waals surface area (Å²) in [5.74, 6) is -1.44. The molecule has 144 valence electrons. The van der Waals surface area contributed by atoms with Gasteiger partial charge in [0.15, 0.2) is 0 Å². The molecule has 0 aromatic rings. The number of carboxylic acids is 1. The summed E-state index contributed by atoms with van der Waals surface area (Å²) >= 11 is 0. The molecule has 4 bridgehead atoms. The van der Waals surface area contributed by atoms with Crippen molar-refractivity contribution in [2.24, 2.45) is 21.7 Å². The molecule has 0 amide bonds. The smallest absolute Gasteiger partial charge is 0.330 e. The van der Waals surface area contributed by atoms with Gasteiger partial charge in [-0.3, -0.25) is 9.59 Å². The minimum atomic E-state index is -0.939. The average Bonchev–Trinajstić information content (AvgIpc) is 2.55. The van der Waals surface area contributed by atoms with Gasteiger partial charge in [0.05, 0.1) is 25.0 Å². The van der Waals surface area contributed by atoms with Crippen molar-refractivity contribution in [3.05, 3.63) is 11.6 Å². The Morgan fingerprint density at radius 2 is 1.42 bits per heavy atom. The minimum absolute atomic E-state index is 0.151. The first-order valence-electron chi connectivity index (χ1n) is 9.10. The maximum Gasteiger partial charge on any atom is 0.330 e. The molecule has 1 N–H and O–H groups in total. The molecule has 0 radical (unpaired) electrons. The zero-order chi connectivity index (χ0) is 19.4. The molecule has 4 aliphatic rings. The first-order chi connectivity index (χ1) is 12.0. The van der Waals surface area contributed by atoms with E-state index in [2.05, 4.69) is 6.92 Å². The van der Waals surface area contributed by atoms with E-state index in [4.69, 9.17) is 9.47 Å². The van der Waals surface area contributed by atoms with Crippen LogP contribution in [0, 0.1) is 21.7 Å². The fourth-order valence-electron chi connectivity index (χ4n) is 6.91. The summed E-state index contributed by atoms with van der Waals surface area (Å²) in [6.07, 6.45) is 6.38. The molecule has 0 spiro atoms. The van der Waals surface area contributed by atoms with Gasteiger partial charge in [-0.2, -0.15) is 0 Å². The van der Waals surface area contributed by atoms with Crippen LogP contribution in [0.5, 0.6) is 0 Å². The molecule has 0 heterocycles. The quantitative estimate of drug-likeness (QED) is 0.595. The van der Waals surface area contributed by atoms with Crippen molar-refractivity contribution < 1.29 is 29.0 Å². The lowest BCUT2D eigenvalue weighted by atomic mass is 9.35. The zero-order valence-electron chi connectivity index (χ0n) is 16.0. The number of esters is 2. The van der Waals surface area contributed by atoms with Gasteiger partial charge in [-0.05, 0) is 62.7 Å². The van der Waals surface area contributed by atoms with E-state index >= 15 is 0 Å². The first kappa shape index (κ1) is 18.9. The number of allylic oxidation sites excluding steroid dienone is 1. The summed E-state index contributed by atoms with van der Waals surface area (Å²) in [6.45, 7) is 3.72. The van der Waals surface area contributed by atoms with Crippen molar-refractivity contribution in [2.45, 2.75) is 58.8 Å². The Morgan fingerprint density at radius 3 is 1.85 bits per heavy atom. The summed E-state index contributed by atoms with van der Waals surface area (Å²) in [4.78, 5) is 36.7. The molecule has 4 aliphatic carbocycles. The van der Waals surface area contributed by atoms with Crippen molar-refractivity contribution in [3.8, 4) is 0 Å². The van der Waals surface area contributed by atoms with Crippen molar-refractivity contribution in [3.63, 3.8) is 0 Å². The van der Waals surface area contributed by atoms with Gasteiger partial charge in [0, 0.05) is 5.57 Å². The monoisotopic (exact) mass is 364 g/mol. The summed E-state index contributed by atoms with van der Waals surface area (Å²) in [6, 6.07) is 0. The van der Waals surface area contributed by atoms with Gasteiger partial charge in [0.25, 0.3) is 0 Å². The van der Waals surface area contributed by atoms with Gasteiger partial charge in [-0.15, -0.1) is 0 Å². The number of rotatable bonds is 5. The Kier molecular flexibility index (Phi) is 4.24. The van der Waals surface area contributed by atoms with E-state index in [-0.39, 0.29) is 22.8 Å². The lowest BCUT2D eigenvalue weighted by Crippen LogP contribution is -2.64. The van der Waals surface area contributed by atoms with E-state index in [1.165, 1.54) is 14.2 Å². The van der Waals surface area contributed by atoms with E-state index in [1.54, 1.807) is 13.0 Å². The molecule has 2 unspecified atom stereocenters. The van der Waals surface area contributed by atoms with Gasteiger partial charge < -0.3 is 14.6 Å². The SMILES string of the molecule is COC(=O)C12CC3(C)CC(CC=C(C)C(=O)O)(C1)CC(C(=O)OC)(C3)C2. The van der Waals surface area contributed by atoms with Crippen molar-refractivity contribution >= 4 is 17.9 Å². The molecule has 0 aromatic heterocycles. The predicted molar refractivity (Wildman–Crippen MR) is 93.1 cm³/mol. The van der Waals surface area contributed by atoms with Crippen LogP contribution in [0.3, 0.4) is 0 Å². The minimum Gasteiger partial charge on any atom is -0.478 e. The van der Waals surface area contributed by atoms with E-state index in [1.807, 2.05) is 0 Å². The van der Waals surface area contributed by atoms with E-state index in [9.17, 15) is 19.5 Å². The molecule has 0 saturated heterocycles. The second-order valence-electron chi connectivity index (χ2n) is 9.31. The molecule has 4 rings (SSSR count). The van der Waals surface area contributed by atoms with Crippen LogP contribution in [0.15, 0.2) is 11.6 Å². The molecule has 0 aliphatic heterocycles. The molecule has 26 heavy (non-hydrogen) atoms. The predicted octanol–water partition coefficient (Wildman–Crippen LogP) is 3.10. The van der Waals surface area contributed by atoms with Crippen LogP contribution < -0.4 is 0 Å². The molecule has 4 saturated carbocycles. The summed E-state index contributed by atoms with van der Waals surface area (Å²) in [5, 5.41) is 9.18. The standard InChI is InChI=1S/C20H28O6/c1-13(14(21)22)5-6-18-7-17(2)8-19(10-18,15(23)25-3)12-20(9-17,11-18)16(24)26-4/h5H,6-12H2,1-4H3,(H,21,22). The van der Waals surface area contributed by atoms with Crippen LogP contribution in [0.25, 0.3) is 0 Å². The van der Waals surface area contributed by atoms with Crippen LogP contribution in [0.1, 0.15) is 58.8 Å². The summed E-state index contributed by atoms with van der Waals surface area (Å²) in [5.41, 5.74) is -1.50. The molecule has 2 atom stereocenters. The molecule has 0 aromatic carbocycles. The maximum absolute atomic E-state index is 12.8. The lowest BCUT2D eigenvalue weighted by Gasteiger charge is -2.68. The van der Waals surface area contributed by atoms with Gasteiger partial charge in [0.1, 0.15) is 0 Å². The van der Waals surface area contributed by atoms with E-state index < -0.39 is 16.8 Å². The Balaban J connectivity index is 2.07. The molecular formula is C20H28O6. The third kappa shape index (κ3) is 2.74. The average molecular weight is 364 g/mol. The highest BCUT2D eigenvalue weighted by Gasteiger charge is 2.71. The topological polar surface area (TPSA) is 89.9 Å². The second kappa shape index (κ2) is 5.83. The Labute approximate surface area is 153 Å². The number of carboxylic acid groups (broad SMARTS) is 1. The number of aliphatic carboxylic acids is 1. The van der Waals surface area contributed by atoms with E-state index in [0.717, 1.165) is 19.3 Å². The highest BCUT2D eigenvalue weighted by Crippen LogP contribution is 2.75. The number of ether oxygens (including phenoxy) is 2. The number of carbonyl (C=O) groups excluding carboxylic acids is 2. The molecule has 4 fully saturated rings. The lowest BCUT2D eigenvalue weighted by molar-refractivity contribution is -0.221. The summed E-state index contributed by atoms with van der Waals surface area (Å²) in [7, 11) is 2.80. The highest BCUT2D eigenvalue weighted by molar-refractivity contribution is 5.86. The van der Waals surface area contributed by atoms with Crippen LogP contribution in [0.2, 0.25) is 0 Å². The molecular weight excluding hydrogens is 336 g/mol. The number of hydrogen-bond acceptors (Lipinski definition) is 5. The summed E-state index contributed by atoms with van der Waals surface area (Å²) < 4.78 is 10.3. The highest BCUT2D eigenvalue weighted by atomic mass is 16.5. The van der Waals surface area contributed by atoms with Crippen LogP contribution in [-0.2, 0) is 23.9 Å². The fourth-order valence-corrected chi connectivity index (χ4v) is 6.91. The van der Waals surface area contributed by atoms with E-state index in [0.29, 0.717) is 31.3 Å². The molecule has 6 heteroatoms. The molecule has 6 nitrogen and oxygen atoms in total. The Bertz CT molecular complexity index is 658. The van der Waals surface area contributed by atoms with Crippen LogP contribution in [-0.4, -0.2) is 37.2 Å². The van der Waals surface area contributed by atoms with Gasteiger partial charge in [-0.1, -0.05) is 13.0 Å². The van der Waals surface area contributed by atoms with Crippen molar-refractivity contribution in [1.82, 2.24) is 0 Å². The normalized spacial score (nSPS) is 41.0. The largest absolute Gasteiger partial charge is 0.478 e.